The van der Waals surface area contributed by atoms with Crippen LogP contribution in [0, 0.1) is 26.6 Å². The van der Waals surface area contributed by atoms with Crippen LogP contribution in [0.4, 0.5) is 10.1 Å². The molecule has 4 rings (SSSR count). The van der Waals surface area contributed by atoms with Gasteiger partial charge in [0, 0.05) is 5.69 Å². The van der Waals surface area contributed by atoms with Gasteiger partial charge in [-0.3, -0.25) is 14.2 Å². The van der Waals surface area contributed by atoms with Crippen LogP contribution >= 0.6 is 11.3 Å². The zero-order valence-corrected chi connectivity index (χ0v) is 18.0. The lowest BCUT2D eigenvalue weighted by molar-refractivity contribution is -0.116. The maximum absolute atomic E-state index is 13.6. The molecule has 0 radical (unpaired) electrons. The maximum atomic E-state index is 13.6. The summed E-state index contributed by atoms with van der Waals surface area (Å²) in [6, 6.07) is 11.1. The number of hydrogen-bond donors (Lipinski definition) is 1. The fourth-order valence-electron chi connectivity index (χ4n) is 3.49. The molecular formula is C23H20FN3O3S. The zero-order valence-electron chi connectivity index (χ0n) is 17.2. The van der Waals surface area contributed by atoms with Gasteiger partial charge in [-0.1, -0.05) is 6.07 Å². The first-order valence-corrected chi connectivity index (χ1v) is 10.5. The first-order valence-electron chi connectivity index (χ1n) is 9.63. The monoisotopic (exact) mass is 437 g/mol. The van der Waals surface area contributed by atoms with Gasteiger partial charge in [0.2, 0.25) is 5.91 Å². The summed E-state index contributed by atoms with van der Waals surface area (Å²) in [5, 5.41) is 4.50. The van der Waals surface area contributed by atoms with Crippen LogP contribution in [0.2, 0.25) is 0 Å². The SMILES string of the molecule is Cc1ccc(NC(=O)Cn2c(=O)n(-c3ccc(F)cc3C)c(=O)c3sccc32)cc1C. The van der Waals surface area contributed by atoms with Crippen molar-refractivity contribution in [2.24, 2.45) is 0 Å². The number of thiophene rings is 1. The van der Waals surface area contributed by atoms with Gasteiger partial charge in [0.1, 0.15) is 17.1 Å². The molecule has 0 unspecified atom stereocenters. The molecule has 2 heterocycles. The number of rotatable bonds is 4. The van der Waals surface area contributed by atoms with E-state index in [1.807, 2.05) is 26.0 Å². The Hall–Kier alpha value is -3.52. The number of anilines is 1. The predicted octanol–water partition coefficient (Wildman–Crippen LogP) is 3.92. The molecule has 0 bridgehead atoms. The second kappa shape index (κ2) is 7.96. The summed E-state index contributed by atoms with van der Waals surface area (Å²) >= 11 is 1.19. The second-order valence-electron chi connectivity index (χ2n) is 7.42. The number of aromatic nitrogens is 2. The molecule has 0 fully saturated rings. The van der Waals surface area contributed by atoms with Crippen LogP contribution < -0.4 is 16.6 Å². The smallest absolute Gasteiger partial charge is 0.325 e. The van der Waals surface area contributed by atoms with Crippen molar-refractivity contribution in [3.05, 3.63) is 91.2 Å². The van der Waals surface area contributed by atoms with Crippen molar-refractivity contribution in [3.63, 3.8) is 0 Å². The third-order valence-corrected chi connectivity index (χ3v) is 6.14. The molecule has 0 aliphatic rings. The van der Waals surface area contributed by atoms with E-state index in [0.29, 0.717) is 21.5 Å². The van der Waals surface area contributed by atoms with E-state index in [0.717, 1.165) is 15.7 Å². The number of carbonyl (C=O) groups is 1. The van der Waals surface area contributed by atoms with Crippen molar-refractivity contribution < 1.29 is 9.18 Å². The molecule has 0 aliphatic carbocycles. The van der Waals surface area contributed by atoms with Gasteiger partial charge < -0.3 is 5.32 Å². The Labute approximate surface area is 181 Å². The maximum Gasteiger partial charge on any atom is 0.336 e. The predicted molar refractivity (Wildman–Crippen MR) is 121 cm³/mol. The van der Waals surface area contributed by atoms with Gasteiger partial charge in [-0.25, -0.2) is 13.8 Å². The number of fused-ring (bicyclic) bond motifs is 1. The quantitative estimate of drug-likeness (QED) is 0.526. The molecule has 158 valence electrons. The van der Waals surface area contributed by atoms with E-state index >= 15 is 0 Å². The van der Waals surface area contributed by atoms with Crippen molar-refractivity contribution in [2.75, 3.05) is 5.32 Å². The number of halogens is 1. The lowest BCUT2D eigenvalue weighted by Gasteiger charge is -2.14. The highest BCUT2D eigenvalue weighted by atomic mass is 32.1. The summed E-state index contributed by atoms with van der Waals surface area (Å²) < 4.78 is 16.2. The molecular weight excluding hydrogens is 417 g/mol. The number of carbonyl (C=O) groups excluding carboxylic acids is 1. The topological polar surface area (TPSA) is 73.1 Å². The van der Waals surface area contributed by atoms with Gasteiger partial charge >= 0.3 is 5.69 Å². The van der Waals surface area contributed by atoms with E-state index in [1.165, 1.54) is 34.1 Å². The van der Waals surface area contributed by atoms with Crippen LogP contribution in [0.1, 0.15) is 16.7 Å². The number of hydrogen-bond acceptors (Lipinski definition) is 4. The van der Waals surface area contributed by atoms with E-state index in [9.17, 15) is 18.8 Å². The molecule has 2 aromatic heterocycles. The van der Waals surface area contributed by atoms with Gasteiger partial charge in [0.05, 0.1) is 11.2 Å². The van der Waals surface area contributed by atoms with E-state index < -0.39 is 17.1 Å². The van der Waals surface area contributed by atoms with E-state index in [-0.39, 0.29) is 18.1 Å². The Morgan fingerprint density at radius 2 is 1.77 bits per heavy atom. The Bertz CT molecular complexity index is 1450. The number of aryl methyl sites for hydroxylation is 3. The normalized spacial score (nSPS) is 11.1. The fourth-order valence-corrected chi connectivity index (χ4v) is 4.31. The number of amides is 1. The molecule has 1 N–H and O–H groups in total. The fraction of sp³-hybridized carbons (Fsp3) is 0.174. The van der Waals surface area contributed by atoms with Gasteiger partial charge in [-0.15, -0.1) is 11.3 Å². The van der Waals surface area contributed by atoms with Crippen molar-refractivity contribution in [3.8, 4) is 5.69 Å². The van der Waals surface area contributed by atoms with Crippen LogP contribution in [0.25, 0.3) is 15.9 Å². The average molecular weight is 437 g/mol. The zero-order chi connectivity index (χ0) is 22.3. The summed E-state index contributed by atoms with van der Waals surface area (Å²) in [4.78, 5) is 39.0. The number of nitrogens with one attached hydrogen (secondary N) is 1. The van der Waals surface area contributed by atoms with Crippen LogP contribution in [0.15, 0.2) is 57.4 Å². The van der Waals surface area contributed by atoms with Crippen molar-refractivity contribution in [1.82, 2.24) is 9.13 Å². The first-order chi connectivity index (χ1) is 14.8. The molecule has 0 atom stereocenters. The summed E-state index contributed by atoms with van der Waals surface area (Å²) in [7, 11) is 0. The van der Waals surface area contributed by atoms with Gasteiger partial charge in [0.15, 0.2) is 0 Å². The average Bonchev–Trinajstić information content (AvgIpc) is 3.20. The summed E-state index contributed by atoms with van der Waals surface area (Å²) in [6.45, 7) is 5.29. The Balaban J connectivity index is 1.80. The summed E-state index contributed by atoms with van der Waals surface area (Å²) in [5.74, 6) is -0.849. The van der Waals surface area contributed by atoms with Crippen molar-refractivity contribution >= 4 is 33.1 Å². The minimum Gasteiger partial charge on any atom is -0.325 e. The highest BCUT2D eigenvalue weighted by Gasteiger charge is 2.19. The summed E-state index contributed by atoms with van der Waals surface area (Å²) in [5.41, 5.74) is 2.76. The number of nitrogens with zero attached hydrogens (tertiary/aromatic N) is 2. The molecule has 1 amide bonds. The van der Waals surface area contributed by atoms with Gasteiger partial charge in [-0.2, -0.15) is 0 Å². The highest BCUT2D eigenvalue weighted by Crippen LogP contribution is 2.19. The highest BCUT2D eigenvalue weighted by molar-refractivity contribution is 7.17. The minimum absolute atomic E-state index is 0.264. The van der Waals surface area contributed by atoms with Gasteiger partial charge in [-0.05, 0) is 79.2 Å². The van der Waals surface area contributed by atoms with Crippen LogP contribution in [0.3, 0.4) is 0 Å². The third-order valence-electron chi connectivity index (χ3n) is 5.25. The third kappa shape index (κ3) is 3.82. The molecule has 0 saturated carbocycles. The van der Waals surface area contributed by atoms with Crippen LogP contribution in [0.5, 0.6) is 0 Å². The van der Waals surface area contributed by atoms with Crippen LogP contribution in [-0.4, -0.2) is 15.0 Å². The molecule has 8 heteroatoms. The van der Waals surface area contributed by atoms with Gasteiger partial charge in [0.25, 0.3) is 5.56 Å². The molecule has 31 heavy (non-hydrogen) atoms. The molecule has 6 nitrogen and oxygen atoms in total. The number of benzene rings is 2. The standard InChI is InChI=1S/C23H20FN3O3S/c1-13-4-6-17(11-14(13)2)25-20(28)12-26-19-8-9-31-21(19)22(29)27(23(26)30)18-7-5-16(24)10-15(18)3/h4-11H,12H2,1-3H3,(H,25,28). The minimum atomic E-state index is -0.652. The Morgan fingerprint density at radius 1 is 1.00 bits per heavy atom. The lowest BCUT2D eigenvalue weighted by Crippen LogP contribution is -2.40. The molecule has 2 aromatic carbocycles. The Kier molecular flexibility index (Phi) is 5.32. The van der Waals surface area contributed by atoms with Crippen molar-refractivity contribution in [2.45, 2.75) is 27.3 Å². The van der Waals surface area contributed by atoms with Crippen molar-refractivity contribution in [1.29, 1.82) is 0 Å². The molecule has 0 aliphatic heterocycles. The van der Waals surface area contributed by atoms with Crippen LogP contribution in [-0.2, 0) is 11.3 Å². The molecule has 0 spiro atoms. The largest absolute Gasteiger partial charge is 0.336 e. The first kappa shape index (κ1) is 20.7. The Morgan fingerprint density at radius 3 is 2.48 bits per heavy atom. The second-order valence-corrected chi connectivity index (χ2v) is 8.34. The van der Waals surface area contributed by atoms with E-state index in [1.54, 1.807) is 24.4 Å². The molecule has 4 aromatic rings. The molecule has 0 saturated heterocycles. The lowest BCUT2D eigenvalue weighted by atomic mass is 10.1. The van der Waals surface area contributed by atoms with E-state index in [2.05, 4.69) is 5.32 Å². The van der Waals surface area contributed by atoms with E-state index in [4.69, 9.17) is 0 Å². The summed E-state index contributed by atoms with van der Waals surface area (Å²) in [6.07, 6.45) is 0.